The van der Waals surface area contributed by atoms with Crippen molar-refractivity contribution in [3.8, 4) is 0 Å². The molecule has 0 aliphatic rings. The minimum atomic E-state index is 0.504. The van der Waals surface area contributed by atoms with Crippen molar-refractivity contribution < 1.29 is 0 Å². The molecule has 4 heteroatoms. The van der Waals surface area contributed by atoms with Gasteiger partial charge in [0, 0.05) is 19.1 Å². The first-order valence-corrected chi connectivity index (χ1v) is 7.36. The van der Waals surface area contributed by atoms with Crippen LogP contribution in [0, 0.1) is 5.92 Å². The lowest BCUT2D eigenvalue weighted by Crippen LogP contribution is -2.33. The van der Waals surface area contributed by atoms with Crippen molar-refractivity contribution >= 4 is 5.82 Å². The summed E-state index contributed by atoms with van der Waals surface area (Å²) in [6, 6.07) is 0.504. The minimum absolute atomic E-state index is 0.504. The predicted molar refractivity (Wildman–Crippen MR) is 81.3 cm³/mol. The van der Waals surface area contributed by atoms with Gasteiger partial charge in [-0.2, -0.15) is 0 Å². The van der Waals surface area contributed by atoms with Gasteiger partial charge in [0.25, 0.3) is 0 Å². The maximum absolute atomic E-state index is 4.54. The van der Waals surface area contributed by atoms with E-state index < -0.39 is 0 Å². The van der Waals surface area contributed by atoms with Crippen LogP contribution >= 0.6 is 0 Å². The zero-order valence-electron chi connectivity index (χ0n) is 13.0. The lowest BCUT2D eigenvalue weighted by atomic mass is 10.2. The molecule has 0 aromatic carbocycles. The van der Waals surface area contributed by atoms with E-state index in [-0.39, 0.29) is 0 Å². The van der Waals surface area contributed by atoms with Gasteiger partial charge in [-0.15, -0.1) is 0 Å². The molecule has 1 aromatic heterocycles. The Morgan fingerprint density at radius 2 is 1.89 bits per heavy atom. The maximum Gasteiger partial charge on any atom is 0.147 e. The summed E-state index contributed by atoms with van der Waals surface area (Å²) >= 11 is 0. The SMILES string of the molecule is CCC(C)N(CC)c1cnc(CNCC(C)C)cn1. The third-order valence-electron chi connectivity index (χ3n) is 3.31. The number of hydrogen-bond acceptors (Lipinski definition) is 4. The highest BCUT2D eigenvalue weighted by Gasteiger charge is 2.12. The van der Waals surface area contributed by atoms with Crippen molar-refractivity contribution in [1.82, 2.24) is 15.3 Å². The summed E-state index contributed by atoms with van der Waals surface area (Å²) in [5.74, 6) is 1.64. The number of nitrogens with zero attached hydrogens (tertiary/aromatic N) is 3. The molecule has 0 aliphatic heterocycles. The molecule has 0 radical (unpaired) electrons. The summed E-state index contributed by atoms with van der Waals surface area (Å²) in [7, 11) is 0. The van der Waals surface area contributed by atoms with Crippen LogP contribution in [0.1, 0.15) is 46.7 Å². The largest absolute Gasteiger partial charge is 0.353 e. The topological polar surface area (TPSA) is 41.1 Å². The molecule has 4 nitrogen and oxygen atoms in total. The number of nitrogens with one attached hydrogen (secondary N) is 1. The average Bonchev–Trinajstić information content (AvgIpc) is 2.40. The van der Waals surface area contributed by atoms with Crippen molar-refractivity contribution in [3.63, 3.8) is 0 Å². The summed E-state index contributed by atoms with van der Waals surface area (Å²) in [6.45, 7) is 13.8. The average molecular weight is 264 g/mol. The summed E-state index contributed by atoms with van der Waals surface area (Å²) in [5, 5.41) is 3.38. The van der Waals surface area contributed by atoms with E-state index in [1.807, 2.05) is 12.4 Å². The molecule has 0 saturated carbocycles. The number of hydrogen-bond donors (Lipinski definition) is 1. The molecular weight excluding hydrogens is 236 g/mol. The molecule has 0 saturated heterocycles. The third kappa shape index (κ3) is 5.15. The molecule has 19 heavy (non-hydrogen) atoms. The normalized spacial score (nSPS) is 12.7. The standard InChI is InChI=1S/C15H28N4/c1-6-13(5)19(7-2)15-11-17-14(10-18-15)9-16-8-12(3)4/h10-13,16H,6-9H2,1-5H3. The Labute approximate surface area is 117 Å². The van der Waals surface area contributed by atoms with E-state index >= 15 is 0 Å². The lowest BCUT2D eigenvalue weighted by molar-refractivity contribution is 0.547. The maximum atomic E-state index is 4.54. The van der Waals surface area contributed by atoms with Crippen LogP contribution in [-0.2, 0) is 6.54 Å². The second kappa shape index (κ2) is 8.10. The lowest BCUT2D eigenvalue weighted by Gasteiger charge is -2.27. The van der Waals surface area contributed by atoms with Gasteiger partial charge in [-0.25, -0.2) is 4.98 Å². The molecule has 1 N–H and O–H groups in total. The van der Waals surface area contributed by atoms with Crippen LogP contribution in [0.15, 0.2) is 12.4 Å². The van der Waals surface area contributed by atoms with Gasteiger partial charge in [-0.05, 0) is 32.7 Å². The fourth-order valence-corrected chi connectivity index (χ4v) is 2.00. The predicted octanol–water partition coefficient (Wildman–Crippen LogP) is 2.85. The summed E-state index contributed by atoms with van der Waals surface area (Å²) in [4.78, 5) is 11.3. The van der Waals surface area contributed by atoms with Crippen LogP contribution in [0.25, 0.3) is 0 Å². The minimum Gasteiger partial charge on any atom is -0.353 e. The second-order valence-electron chi connectivity index (χ2n) is 5.43. The highest BCUT2D eigenvalue weighted by Crippen LogP contribution is 2.14. The van der Waals surface area contributed by atoms with Gasteiger partial charge in [0.15, 0.2) is 0 Å². The fourth-order valence-electron chi connectivity index (χ4n) is 2.00. The van der Waals surface area contributed by atoms with E-state index in [9.17, 15) is 0 Å². The monoisotopic (exact) mass is 264 g/mol. The molecular formula is C15H28N4. The van der Waals surface area contributed by atoms with E-state index in [0.717, 1.165) is 37.6 Å². The summed E-state index contributed by atoms with van der Waals surface area (Å²) in [5.41, 5.74) is 1.00. The molecule has 0 spiro atoms. The molecule has 1 heterocycles. The Morgan fingerprint density at radius 1 is 1.16 bits per heavy atom. The van der Waals surface area contributed by atoms with Crippen LogP contribution in [0.5, 0.6) is 0 Å². The second-order valence-corrected chi connectivity index (χ2v) is 5.43. The van der Waals surface area contributed by atoms with E-state index in [1.54, 1.807) is 0 Å². The quantitative estimate of drug-likeness (QED) is 0.784. The Hall–Kier alpha value is -1.16. The molecule has 1 atom stereocenters. The van der Waals surface area contributed by atoms with Gasteiger partial charge in [0.2, 0.25) is 0 Å². The van der Waals surface area contributed by atoms with E-state index in [0.29, 0.717) is 12.0 Å². The van der Waals surface area contributed by atoms with Gasteiger partial charge in [-0.1, -0.05) is 20.8 Å². The molecule has 1 aromatic rings. The van der Waals surface area contributed by atoms with Gasteiger partial charge in [0.05, 0.1) is 18.1 Å². The Bertz CT molecular complexity index is 348. The third-order valence-corrected chi connectivity index (χ3v) is 3.31. The van der Waals surface area contributed by atoms with Gasteiger partial charge < -0.3 is 10.2 Å². The first kappa shape index (κ1) is 15.9. The van der Waals surface area contributed by atoms with E-state index in [2.05, 4.69) is 54.8 Å². The zero-order valence-corrected chi connectivity index (χ0v) is 13.0. The molecule has 1 rings (SSSR count). The molecule has 108 valence electrons. The first-order valence-electron chi connectivity index (χ1n) is 7.36. The molecule has 0 amide bonds. The van der Waals surface area contributed by atoms with Crippen LogP contribution < -0.4 is 10.2 Å². The van der Waals surface area contributed by atoms with Gasteiger partial charge >= 0.3 is 0 Å². The van der Waals surface area contributed by atoms with Crippen molar-refractivity contribution in [2.75, 3.05) is 18.0 Å². The number of aromatic nitrogens is 2. The Kier molecular flexibility index (Phi) is 6.78. The highest BCUT2D eigenvalue weighted by atomic mass is 15.2. The van der Waals surface area contributed by atoms with Crippen molar-refractivity contribution in [2.45, 2.75) is 53.6 Å². The Balaban J connectivity index is 2.59. The van der Waals surface area contributed by atoms with Crippen molar-refractivity contribution in [2.24, 2.45) is 5.92 Å². The summed E-state index contributed by atoms with van der Waals surface area (Å²) in [6.07, 6.45) is 4.89. The van der Waals surface area contributed by atoms with Gasteiger partial charge in [0.1, 0.15) is 5.82 Å². The fraction of sp³-hybridized carbons (Fsp3) is 0.733. The number of anilines is 1. The molecule has 0 fully saturated rings. The number of rotatable bonds is 8. The zero-order chi connectivity index (χ0) is 14.3. The summed E-state index contributed by atoms with van der Waals surface area (Å²) < 4.78 is 0. The smallest absolute Gasteiger partial charge is 0.147 e. The molecule has 0 aliphatic carbocycles. The highest BCUT2D eigenvalue weighted by molar-refractivity contribution is 5.36. The van der Waals surface area contributed by atoms with Crippen LogP contribution in [0.2, 0.25) is 0 Å². The first-order chi connectivity index (χ1) is 9.08. The van der Waals surface area contributed by atoms with Gasteiger partial charge in [-0.3, -0.25) is 4.98 Å². The molecule has 0 bridgehead atoms. The van der Waals surface area contributed by atoms with E-state index in [4.69, 9.17) is 0 Å². The van der Waals surface area contributed by atoms with Crippen LogP contribution in [0.3, 0.4) is 0 Å². The van der Waals surface area contributed by atoms with Crippen LogP contribution in [-0.4, -0.2) is 29.1 Å². The Morgan fingerprint density at radius 3 is 2.37 bits per heavy atom. The molecule has 1 unspecified atom stereocenters. The van der Waals surface area contributed by atoms with Crippen molar-refractivity contribution in [3.05, 3.63) is 18.1 Å². The van der Waals surface area contributed by atoms with Crippen molar-refractivity contribution in [1.29, 1.82) is 0 Å². The van der Waals surface area contributed by atoms with E-state index in [1.165, 1.54) is 0 Å². The van der Waals surface area contributed by atoms with Crippen LogP contribution in [0.4, 0.5) is 5.82 Å².